The van der Waals surface area contributed by atoms with E-state index in [-0.39, 0.29) is 11.6 Å². The summed E-state index contributed by atoms with van der Waals surface area (Å²) in [5, 5.41) is 7.37. The summed E-state index contributed by atoms with van der Waals surface area (Å²) < 4.78 is 29.3. The highest BCUT2D eigenvalue weighted by molar-refractivity contribution is 8.13. The fraction of sp³-hybridized carbons (Fsp3) is 0.444. The van der Waals surface area contributed by atoms with Gasteiger partial charge in [-0.2, -0.15) is 0 Å². The van der Waals surface area contributed by atoms with E-state index in [0.29, 0.717) is 24.0 Å². The van der Waals surface area contributed by atoms with Gasteiger partial charge < -0.3 is 8.98 Å². The van der Waals surface area contributed by atoms with Gasteiger partial charge in [-0.15, -0.1) is 10.2 Å². The van der Waals surface area contributed by atoms with Crippen LogP contribution >= 0.6 is 10.7 Å². The highest BCUT2D eigenvalue weighted by atomic mass is 35.7. The normalized spacial score (nSPS) is 11.9. The second-order valence-corrected chi connectivity index (χ2v) is 6.14. The van der Waals surface area contributed by atoms with Gasteiger partial charge in [-0.25, -0.2) is 13.4 Å². The van der Waals surface area contributed by atoms with E-state index in [4.69, 9.17) is 15.1 Å². The Hall–Kier alpha value is -1.41. The Balaban J connectivity index is 2.35. The van der Waals surface area contributed by atoms with Crippen molar-refractivity contribution < 1.29 is 12.8 Å². The largest absolute Gasteiger partial charge is 0.424 e. The molecule has 0 unspecified atom stereocenters. The van der Waals surface area contributed by atoms with Gasteiger partial charge in [-0.05, 0) is 0 Å². The molecule has 0 atom stereocenters. The average Bonchev–Trinajstić information content (AvgIpc) is 2.85. The number of hydrogen-bond donors (Lipinski definition) is 0. The Kier molecular flexibility index (Phi) is 3.40. The summed E-state index contributed by atoms with van der Waals surface area (Å²) in [4.78, 5) is 3.96. The molecule has 2 aromatic rings. The van der Waals surface area contributed by atoms with Crippen LogP contribution in [-0.4, -0.2) is 28.2 Å². The number of hydrogen-bond acceptors (Lipinski definition) is 6. The van der Waals surface area contributed by atoms with E-state index < -0.39 is 9.05 Å². The zero-order valence-electron chi connectivity index (χ0n) is 9.79. The Morgan fingerprint density at radius 3 is 2.67 bits per heavy atom. The van der Waals surface area contributed by atoms with Crippen molar-refractivity contribution in [1.29, 1.82) is 0 Å². The molecule has 0 spiro atoms. The maximum Gasteiger partial charge on any atom is 0.280 e. The average molecular weight is 291 g/mol. The molecule has 18 heavy (non-hydrogen) atoms. The van der Waals surface area contributed by atoms with Crippen molar-refractivity contribution in [2.75, 3.05) is 0 Å². The van der Waals surface area contributed by atoms with Gasteiger partial charge >= 0.3 is 0 Å². The molecule has 0 saturated heterocycles. The van der Waals surface area contributed by atoms with Crippen LogP contribution in [-0.2, 0) is 22.0 Å². The number of aryl methyl sites for hydroxylation is 2. The summed E-state index contributed by atoms with van der Waals surface area (Å²) in [6.45, 7) is 3.81. The molecule has 0 aromatic carbocycles. The van der Waals surface area contributed by atoms with Gasteiger partial charge in [0.25, 0.3) is 9.05 Å². The lowest BCUT2D eigenvalue weighted by Gasteiger charge is -2.01. The summed E-state index contributed by atoms with van der Waals surface area (Å²) in [5.41, 5.74) is 0. The third kappa shape index (κ3) is 2.70. The highest BCUT2D eigenvalue weighted by Gasteiger charge is 2.18. The van der Waals surface area contributed by atoms with Crippen LogP contribution in [0.3, 0.4) is 0 Å². The van der Waals surface area contributed by atoms with Crippen LogP contribution in [0.25, 0.3) is 0 Å². The second kappa shape index (κ2) is 4.69. The Bertz CT molecular complexity index is 661. The molecule has 9 heteroatoms. The molecule has 2 heterocycles. The molecule has 98 valence electrons. The molecule has 0 saturated carbocycles. The smallest absolute Gasteiger partial charge is 0.280 e. The lowest BCUT2D eigenvalue weighted by atomic mass is 10.4. The van der Waals surface area contributed by atoms with Crippen molar-refractivity contribution in [3.05, 3.63) is 23.8 Å². The van der Waals surface area contributed by atoms with E-state index in [1.807, 2.05) is 6.92 Å². The molecule has 0 amide bonds. The van der Waals surface area contributed by atoms with Crippen molar-refractivity contribution in [3.8, 4) is 0 Å². The summed E-state index contributed by atoms with van der Waals surface area (Å²) in [6.07, 6.45) is 1.93. The van der Waals surface area contributed by atoms with Crippen LogP contribution in [0.5, 0.6) is 0 Å². The first kappa shape index (κ1) is 13.0. The van der Waals surface area contributed by atoms with Gasteiger partial charge in [0, 0.05) is 30.2 Å². The molecule has 0 aliphatic carbocycles. The number of aromatic nitrogens is 4. The monoisotopic (exact) mass is 290 g/mol. The lowest BCUT2D eigenvalue weighted by Crippen LogP contribution is -2.03. The summed E-state index contributed by atoms with van der Waals surface area (Å²) >= 11 is 0. The van der Waals surface area contributed by atoms with Crippen LogP contribution in [0.2, 0.25) is 0 Å². The van der Waals surface area contributed by atoms with Gasteiger partial charge in [0.1, 0.15) is 12.4 Å². The fourth-order valence-corrected chi connectivity index (χ4v) is 2.20. The molecule has 2 rings (SSSR count). The minimum atomic E-state index is -3.83. The molecule has 0 N–H and O–H groups in total. The van der Waals surface area contributed by atoms with Crippen LogP contribution in [0.1, 0.15) is 24.5 Å². The van der Waals surface area contributed by atoms with Gasteiger partial charge in [0.2, 0.25) is 11.8 Å². The molecule has 0 fully saturated rings. The van der Waals surface area contributed by atoms with Crippen LogP contribution in [0.15, 0.2) is 15.6 Å². The van der Waals surface area contributed by atoms with Gasteiger partial charge in [-0.3, -0.25) is 0 Å². The lowest BCUT2D eigenvalue weighted by molar-refractivity contribution is 0.451. The first-order chi connectivity index (χ1) is 8.40. The molecular weight excluding hydrogens is 280 g/mol. The van der Waals surface area contributed by atoms with Crippen LogP contribution < -0.4 is 0 Å². The van der Waals surface area contributed by atoms with E-state index in [9.17, 15) is 8.42 Å². The molecular formula is C9H11ClN4O3S. The predicted molar refractivity (Wildman–Crippen MR) is 62.8 cm³/mol. The minimum absolute atomic E-state index is 0.169. The molecule has 0 radical (unpaired) electrons. The Labute approximate surface area is 108 Å². The molecule has 0 bridgehead atoms. The van der Waals surface area contributed by atoms with E-state index in [2.05, 4.69) is 15.2 Å². The Morgan fingerprint density at radius 2 is 2.17 bits per heavy atom. The van der Waals surface area contributed by atoms with Crippen LogP contribution in [0.4, 0.5) is 0 Å². The number of rotatable bonds is 4. The topological polar surface area (TPSA) is 90.9 Å². The first-order valence-electron chi connectivity index (χ1n) is 5.20. The minimum Gasteiger partial charge on any atom is -0.424 e. The highest BCUT2D eigenvalue weighted by Crippen LogP contribution is 2.16. The van der Waals surface area contributed by atoms with Crippen molar-refractivity contribution in [3.63, 3.8) is 0 Å². The molecule has 0 aliphatic heterocycles. The maximum absolute atomic E-state index is 11.2. The van der Waals surface area contributed by atoms with E-state index in [0.717, 1.165) is 0 Å². The van der Waals surface area contributed by atoms with Crippen LogP contribution in [0, 0.1) is 6.92 Å². The summed E-state index contributed by atoms with van der Waals surface area (Å²) in [5.74, 6) is 1.43. The first-order valence-corrected chi connectivity index (χ1v) is 7.50. The van der Waals surface area contributed by atoms with Crippen molar-refractivity contribution >= 4 is 19.7 Å². The van der Waals surface area contributed by atoms with E-state index >= 15 is 0 Å². The SMILES string of the molecule is CCc1nc(S(=O)(=O)Cl)cn1Cc1nnc(C)o1. The standard InChI is InChI=1S/C9H11ClN4O3S/c1-3-7-11-9(18(10,15)16)5-14(7)4-8-13-12-6(2)17-8/h5H,3-4H2,1-2H3. The maximum atomic E-state index is 11.2. The van der Waals surface area contributed by atoms with Crippen molar-refractivity contribution in [1.82, 2.24) is 19.7 Å². The van der Waals surface area contributed by atoms with Gasteiger partial charge in [0.15, 0.2) is 5.03 Å². The van der Waals surface area contributed by atoms with E-state index in [1.54, 1.807) is 11.5 Å². The predicted octanol–water partition coefficient (Wildman–Crippen LogP) is 1.11. The third-order valence-electron chi connectivity index (χ3n) is 2.28. The summed E-state index contributed by atoms with van der Waals surface area (Å²) in [6, 6.07) is 0. The summed E-state index contributed by atoms with van der Waals surface area (Å²) in [7, 11) is 1.42. The van der Waals surface area contributed by atoms with Gasteiger partial charge in [-0.1, -0.05) is 6.92 Å². The van der Waals surface area contributed by atoms with Crippen molar-refractivity contribution in [2.45, 2.75) is 31.8 Å². The quantitative estimate of drug-likeness (QED) is 0.784. The number of nitrogens with zero attached hydrogens (tertiary/aromatic N) is 4. The molecule has 7 nitrogen and oxygen atoms in total. The number of imidazole rings is 1. The Morgan fingerprint density at radius 1 is 1.44 bits per heavy atom. The third-order valence-corrected chi connectivity index (χ3v) is 3.45. The fourth-order valence-electron chi connectivity index (χ4n) is 1.51. The van der Waals surface area contributed by atoms with Gasteiger partial charge in [0.05, 0.1) is 0 Å². The van der Waals surface area contributed by atoms with Crippen molar-refractivity contribution in [2.24, 2.45) is 0 Å². The zero-order chi connectivity index (χ0) is 13.3. The number of halogens is 1. The zero-order valence-corrected chi connectivity index (χ0v) is 11.4. The molecule has 2 aromatic heterocycles. The second-order valence-electron chi connectivity index (χ2n) is 3.63. The molecule has 0 aliphatic rings. The van der Waals surface area contributed by atoms with E-state index in [1.165, 1.54) is 6.20 Å².